The molecule has 1 amide bonds. The normalized spacial score (nSPS) is 13.7. The second kappa shape index (κ2) is 9.68. The van der Waals surface area contributed by atoms with E-state index in [1.165, 1.54) is 29.0 Å². The SMILES string of the molecule is CC(C)c1ccc(C=Nn2c(-c3ccc4c(c3)NC(=O)CO4)csc2=Nc2ccc(F)cc2)cc1. The summed E-state index contributed by atoms with van der Waals surface area (Å²) in [7, 11) is 0. The van der Waals surface area contributed by atoms with E-state index in [4.69, 9.17) is 9.84 Å². The molecule has 6 nitrogen and oxygen atoms in total. The Morgan fingerprint density at radius 1 is 1.09 bits per heavy atom. The van der Waals surface area contributed by atoms with Gasteiger partial charge in [-0.2, -0.15) is 5.10 Å². The number of aromatic nitrogens is 1. The molecule has 35 heavy (non-hydrogen) atoms. The molecule has 0 unspecified atom stereocenters. The first kappa shape index (κ1) is 22.7. The van der Waals surface area contributed by atoms with Gasteiger partial charge in [0.1, 0.15) is 11.6 Å². The first-order valence-electron chi connectivity index (χ1n) is 11.2. The van der Waals surface area contributed by atoms with Gasteiger partial charge < -0.3 is 10.1 Å². The van der Waals surface area contributed by atoms with Crippen molar-refractivity contribution in [1.82, 2.24) is 4.68 Å². The van der Waals surface area contributed by atoms with Crippen molar-refractivity contribution in [2.45, 2.75) is 19.8 Å². The second-order valence-electron chi connectivity index (χ2n) is 8.42. The monoisotopic (exact) mass is 486 g/mol. The zero-order valence-corrected chi connectivity index (χ0v) is 20.1. The lowest BCUT2D eigenvalue weighted by Crippen LogP contribution is -2.25. The van der Waals surface area contributed by atoms with Crippen LogP contribution in [0.3, 0.4) is 0 Å². The fourth-order valence-electron chi connectivity index (χ4n) is 3.65. The Morgan fingerprint density at radius 3 is 2.60 bits per heavy atom. The third-order valence-corrected chi connectivity index (χ3v) is 6.39. The molecule has 4 aromatic rings. The van der Waals surface area contributed by atoms with Gasteiger partial charge in [-0.15, -0.1) is 11.3 Å². The van der Waals surface area contributed by atoms with Crippen LogP contribution in [-0.2, 0) is 4.79 Å². The van der Waals surface area contributed by atoms with Gasteiger partial charge in [0.2, 0.25) is 4.80 Å². The van der Waals surface area contributed by atoms with E-state index < -0.39 is 0 Å². The first-order chi connectivity index (χ1) is 17.0. The number of anilines is 1. The number of rotatable bonds is 5. The Hall–Kier alpha value is -4.04. The van der Waals surface area contributed by atoms with Gasteiger partial charge >= 0.3 is 0 Å². The number of hydrogen-bond acceptors (Lipinski definition) is 5. The van der Waals surface area contributed by atoms with Crippen molar-refractivity contribution in [1.29, 1.82) is 0 Å². The lowest BCUT2D eigenvalue weighted by molar-refractivity contribution is -0.118. The molecule has 0 bridgehead atoms. The highest BCUT2D eigenvalue weighted by Gasteiger charge is 2.18. The average Bonchev–Trinajstić information content (AvgIpc) is 3.26. The number of carbonyl (C=O) groups excluding carboxylic acids is 1. The minimum absolute atomic E-state index is 0.00535. The van der Waals surface area contributed by atoms with E-state index in [0.717, 1.165) is 16.8 Å². The number of ether oxygens (including phenoxy) is 1. The maximum atomic E-state index is 13.4. The highest BCUT2D eigenvalue weighted by molar-refractivity contribution is 7.07. The van der Waals surface area contributed by atoms with Crippen LogP contribution in [0.15, 0.2) is 82.2 Å². The summed E-state index contributed by atoms with van der Waals surface area (Å²) in [6, 6.07) is 19.9. The van der Waals surface area contributed by atoms with Crippen LogP contribution in [0, 0.1) is 5.82 Å². The molecule has 0 radical (unpaired) electrons. The smallest absolute Gasteiger partial charge is 0.262 e. The Bertz CT molecular complexity index is 1470. The van der Waals surface area contributed by atoms with Gasteiger partial charge in [-0.3, -0.25) is 4.79 Å². The lowest BCUT2D eigenvalue weighted by atomic mass is 10.0. The largest absolute Gasteiger partial charge is 0.482 e. The van der Waals surface area contributed by atoms with Gasteiger partial charge in [0.15, 0.2) is 6.61 Å². The number of amides is 1. The molecule has 0 atom stereocenters. The molecule has 1 aliphatic heterocycles. The minimum Gasteiger partial charge on any atom is -0.482 e. The van der Waals surface area contributed by atoms with E-state index in [-0.39, 0.29) is 18.3 Å². The molecule has 176 valence electrons. The van der Waals surface area contributed by atoms with Crippen molar-refractivity contribution in [3.63, 3.8) is 0 Å². The molecule has 3 aromatic carbocycles. The molecule has 1 aliphatic rings. The third-order valence-electron chi connectivity index (χ3n) is 5.57. The van der Waals surface area contributed by atoms with E-state index >= 15 is 0 Å². The fourth-order valence-corrected chi connectivity index (χ4v) is 4.50. The number of carbonyl (C=O) groups is 1. The molecule has 0 saturated carbocycles. The summed E-state index contributed by atoms with van der Waals surface area (Å²) < 4.78 is 20.6. The van der Waals surface area contributed by atoms with Gasteiger partial charge in [0.05, 0.1) is 23.3 Å². The van der Waals surface area contributed by atoms with Crippen LogP contribution >= 0.6 is 11.3 Å². The molecule has 5 rings (SSSR count). The molecule has 0 fully saturated rings. The van der Waals surface area contributed by atoms with Crippen molar-refractivity contribution in [3.8, 4) is 17.0 Å². The van der Waals surface area contributed by atoms with Gasteiger partial charge in [0.25, 0.3) is 5.91 Å². The topological polar surface area (TPSA) is 68.0 Å². The quantitative estimate of drug-likeness (QED) is 0.356. The van der Waals surface area contributed by atoms with Crippen LogP contribution in [0.2, 0.25) is 0 Å². The molecular formula is C27H23FN4O2S. The zero-order chi connectivity index (χ0) is 24.4. The Labute approximate surface area is 206 Å². The molecule has 2 heterocycles. The summed E-state index contributed by atoms with van der Waals surface area (Å²) in [4.78, 5) is 17.1. The molecule has 1 aromatic heterocycles. The standard InChI is InChI=1S/C27H23FN4O2S/c1-17(2)19-5-3-18(4-6-19)14-29-32-24(16-35-27(32)30-22-10-8-21(28)9-11-22)20-7-12-25-23(13-20)31-26(33)15-34-25/h3-14,16-17H,15H2,1-2H3,(H,31,33). The predicted octanol–water partition coefficient (Wildman–Crippen LogP) is 5.92. The van der Waals surface area contributed by atoms with Crippen molar-refractivity contribution < 1.29 is 13.9 Å². The van der Waals surface area contributed by atoms with E-state index in [1.807, 2.05) is 35.7 Å². The molecule has 0 aliphatic carbocycles. The summed E-state index contributed by atoms with van der Waals surface area (Å²) in [6.45, 7) is 4.32. The second-order valence-corrected chi connectivity index (χ2v) is 9.25. The van der Waals surface area contributed by atoms with Crippen LogP contribution in [0.4, 0.5) is 15.8 Å². The number of halogens is 1. The number of nitrogens with one attached hydrogen (secondary N) is 1. The van der Waals surface area contributed by atoms with Gasteiger partial charge in [0, 0.05) is 10.9 Å². The van der Waals surface area contributed by atoms with Crippen LogP contribution in [0.25, 0.3) is 11.3 Å². The average molecular weight is 487 g/mol. The van der Waals surface area contributed by atoms with Gasteiger partial charge in [-0.25, -0.2) is 14.1 Å². The highest BCUT2D eigenvalue weighted by atomic mass is 32.1. The first-order valence-corrected chi connectivity index (χ1v) is 12.1. The van der Waals surface area contributed by atoms with Crippen molar-refractivity contribution in [2.24, 2.45) is 10.1 Å². The Kier molecular flexibility index (Phi) is 6.29. The lowest BCUT2D eigenvalue weighted by Gasteiger charge is -2.18. The van der Waals surface area contributed by atoms with Crippen LogP contribution < -0.4 is 14.9 Å². The zero-order valence-electron chi connectivity index (χ0n) is 19.2. The number of thiazole rings is 1. The minimum atomic E-state index is -0.315. The van der Waals surface area contributed by atoms with E-state index in [1.54, 1.807) is 23.0 Å². The van der Waals surface area contributed by atoms with E-state index in [0.29, 0.717) is 27.8 Å². The summed E-state index contributed by atoms with van der Waals surface area (Å²) in [5, 5.41) is 9.54. The van der Waals surface area contributed by atoms with Crippen molar-refractivity contribution in [2.75, 3.05) is 11.9 Å². The summed E-state index contributed by atoms with van der Waals surface area (Å²) in [5.74, 6) is 0.570. The third kappa shape index (κ3) is 5.07. The maximum absolute atomic E-state index is 13.4. The maximum Gasteiger partial charge on any atom is 0.262 e. The van der Waals surface area contributed by atoms with E-state index in [9.17, 15) is 9.18 Å². The van der Waals surface area contributed by atoms with Gasteiger partial charge in [-0.1, -0.05) is 38.1 Å². The van der Waals surface area contributed by atoms with Crippen molar-refractivity contribution >= 4 is 34.8 Å². The number of fused-ring (bicyclic) bond motifs is 1. The Morgan fingerprint density at radius 2 is 1.86 bits per heavy atom. The van der Waals surface area contributed by atoms with Crippen LogP contribution in [0.5, 0.6) is 5.75 Å². The molecule has 1 N–H and O–H groups in total. The number of nitrogens with zero attached hydrogens (tertiary/aromatic N) is 3. The highest BCUT2D eigenvalue weighted by Crippen LogP contribution is 2.33. The summed E-state index contributed by atoms with van der Waals surface area (Å²) >= 11 is 1.42. The summed E-state index contributed by atoms with van der Waals surface area (Å²) in [6.07, 6.45) is 1.79. The van der Waals surface area contributed by atoms with Crippen LogP contribution in [-0.4, -0.2) is 23.4 Å². The summed E-state index contributed by atoms with van der Waals surface area (Å²) in [5.41, 5.74) is 5.10. The Balaban J connectivity index is 1.58. The predicted molar refractivity (Wildman–Crippen MR) is 137 cm³/mol. The van der Waals surface area contributed by atoms with Crippen molar-refractivity contribution in [3.05, 3.63) is 93.9 Å². The molecule has 0 spiro atoms. The van der Waals surface area contributed by atoms with Crippen LogP contribution in [0.1, 0.15) is 30.9 Å². The number of benzene rings is 3. The molecule has 0 saturated heterocycles. The van der Waals surface area contributed by atoms with E-state index in [2.05, 4.69) is 36.3 Å². The van der Waals surface area contributed by atoms with Gasteiger partial charge in [-0.05, 0) is 59.5 Å². The molecule has 8 heteroatoms. The fraction of sp³-hybridized carbons (Fsp3) is 0.148. The molecular weight excluding hydrogens is 463 g/mol. The number of hydrogen-bond donors (Lipinski definition) is 1.